The van der Waals surface area contributed by atoms with Crippen LogP contribution in [0.5, 0.6) is 0 Å². The second-order valence-electron chi connectivity index (χ2n) is 4.23. The number of pyridine rings is 1. The van der Waals surface area contributed by atoms with Gasteiger partial charge in [-0.05, 0) is 18.7 Å². The van der Waals surface area contributed by atoms with Crippen LogP contribution in [0.25, 0.3) is 21.9 Å². The van der Waals surface area contributed by atoms with Gasteiger partial charge in [0, 0.05) is 11.8 Å². The van der Waals surface area contributed by atoms with E-state index >= 15 is 0 Å². The molecule has 96 valence electrons. The van der Waals surface area contributed by atoms with Crippen molar-refractivity contribution >= 4 is 27.8 Å². The van der Waals surface area contributed by atoms with Gasteiger partial charge < -0.3 is 11.5 Å². The topological polar surface area (TPSA) is 90.7 Å². The van der Waals surface area contributed by atoms with Crippen LogP contribution in [0.3, 0.4) is 0 Å². The zero-order chi connectivity index (χ0) is 13.4. The maximum atomic E-state index is 13.7. The molecule has 3 rings (SSSR count). The minimum absolute atomic E-state index is 0.284. The molecule has 2 aromatic heterocycles. The predicted octanol–water partition coefficient (Wildman–Crippen LogP) is 1.40. The third-order valence-corrected chi connectivity index (χ3v) is 2.90. The lowest BCUT2D eigenvalue weighted by molar-refractivity contribution is 0.637. The molecular formula is C13H12FN5. The summed E-state index contributed by atoms with van der Waals surface area (Å²) in [5, 5.41) is 1.30. The maximum absolute atomic E-state index is 13.7. The average Bonchev–Trinajstić information content (AvgIpc) is 2.38. The average molecular weight is 257 g/mol. The first kappa shape index (κ1) is 11.7. The molecule has 0 unspecified atom stereocenters. The summed E-state index contributed by atoms with van der Waals surface area (Å²) in [6, 6.07) is 6.53. The number of fused-ring (bicyclic) bond motifs is 2. The third-order valence-electron chi connectivity index (χ3n) is 2.90. The van der Waals surface area contributed by atoms with E-state index in [0.29, 0.717) is 41.0 Å². The van der Waals surface area contributed by atoms with Crippen molar-refractivity contribution in [3.63, 3.8) is 0 Å². The number of nitrogen functional groups attached to an aromatic ring is 1. The summed E-state index contributed by atoms with van der Waals surface area (Å²) in [5.41, 5.74) is 12.0. The zero-order valence-corrected chi connectivity index (χ0v) is 10.1. The normalized spacial score (nSPS) is 11.3. The Balaban J connectivity index is 2.35. The second-order valence-corrected chi connectivity index (χ2v) is 4.23. The van der Waals surface area contributed by atoms with E-state index in [-0.39, 0.29) is 11.3 Å². The lowest BCUT2D eigenvalue weighted by atomic mass is 10.1. The Labute approximate surface area is 108 Å². The molecule has 0 aliphatic heterocycles. The standard InChI is InChI=1S/C13H12FN5/c14-9-3-1-2-7-6-8-12(16)17-10(4-5-15)18-13(8)19-11(7)9/h1-3,6H,4-5,15H2,(H2,16,17,18,19). The van der Waals surface area contributed by atoms with Gasteiger partial charge in [-0.2, -0.15) is 0 Å². The number of nitrogens with zero attached hydrogens (tertiary/aromatic N) is 3. The predicted molar refractivity (Wildman–Crippen MR) is 72.0 cm³/mol. The molecule has 5 nitrogen and oxygen atoms in total. The van der Waals surface area contributed by atoms with Crippen LogP contribution in [-0.2, 0) is 6.42 Å². The number of hydrogen-bond acceptors (Lipinski definition) is 5. The Bertz CT molecular complexity index is 772. The maximum Gasteiger partial charge on any atom is 0.165 e. The molecule has 1 aromatic carbocycles. The monoisotopic (exact) mass is 257 g/mol. The number of benzene rings is 1. The largest absolute Gasteiger partial charge is 0.383 e. The fourth-order valence-corrected chi connectivity index (χ4v) is 2.01. The van der Waals surface area contributed by atoms with Crippen LogP contribution in [0.1, 0.15) is 5.82 Å². The molecule has 0 spiro atoms. The Morgan fingerprint density at radius 3 is 2.79 bits per heavy atom. The van der Waals surface area contributed by atoms with Crippen LogP contribution in [0.2, 0.25) is 0 Å². The first-order valence-electron chi connectivity index (χ1n) is 5.90. The van der Waals surface area contributed by atoms with E-state index in [1.54, 1.807) is 18.2 Å². The van der Waals surface area contributed by atoms with Crippen LogP contribution < -0.4 is 11.5 Å². The summed E-state index contributed by atoms with van der Waals surface area (Å²) in [7, 11) is 0. The highest BCUT2D eigenvalue weighted by atomic mass is 19.1. The van der Waals surface area contributed by atoms with Gasteiger partial charge in [-0.15, -0.1) is 0 Å². The quantitative estimate of drug-likeness (QED) is 0.677. The number of para-hydroxylation sites is 1. The Morgan fingerprint density at radius 2 is 2.00 bits per heavy atom. The number of halogens is 1. The summed E-state index contributed by atoms with van der Waals surface area (Å²) in [6.07, 6.45) is 0.511. The number of rotatable bonds is 2. The van der Waals surface area contributed by atoms with Gasteiger partial charge in [0.15, 0.2) is 5.65 Å². The van der Waals surface area contributed by atoms with E-state index in [2.05, 4.69) is 15.0 Å². The second kappa shape index (κ2) is 4.40. The zero-order valence-electron chi connectivity index (χ0n) is 10.1. The van der Waals surface area contributed by atoms with Crippen LogP contribution in [0, 0.1) is 5.82 Å². The molecule has 0 radical (unpaired) electrons. The molecule has 0 saturated carbocycles. The fourth-order valence-electron chi connectivity index (χ4n) is 2.01. The molecule has 19 heavy (non-hydrogen) atoms. The van der Waals surface area contributed by atoms with E-state index in [9.17, 15) is 4.39 Å². The Kier molecular flexibility index (Phi) is 2.72. The molecule has 0 amide bonds. The Hall–Kier alpha value is -2.34. The molecule has 4 N–H and O–H groups in total. The molecule has 3 aromatic rings. The molecule has 0 atom stereocenters. The van der Waals surface area contributed by atoms with Crippen molar-refractivity contribution < 1.29 is 4.39 Å². The van der Waals surface area contributed by atoms with E-state index < -0.39 is 0 Å². The smallest absolute Gasteiger partial charge is 0.165 e. The number of hydrogen-bond donors (Lipinski definition) is 2. The summed E-state index contributed by atoms with van der Waals surface area (Å²) in [6.45, 7) is 0.424. The highest BCUT2D eigenvalue weighted by Gasteiger charge is 2.10. The van der Waals surface area contributed by atoms with Gasteiger partial charge in [0.2, 0.25) is 0 Å². The van der Waals surface area contributed by atoms with Gasteiger partial charge >= 0.3 is 0 Å². The number of aromatic nitrogens is 3. The summed E-state index contributed by atoms with van der Waals surface area (Å²) < 4.78 is 13.7. The molecule has 0 fully saturated rings. The molecule has 0 saturated heterocycles. The van der Waals surface area contributed by atoms with Crippen molar-refractivity contribution in [2.75, 3.05) is 12.3 Å². The third kappa shape index (κ3) is 1.96. The first-order chi connectivity index (χ1) is 9.19. The van der Waals surface area contributed by atoms with Crippen LogP contribution >= 0.6 is 0 Å². The Morgan fingerprint density at radius 1 is 1.16 bits per heavy atom. The van der Waals surface area contributed by atoms with Crippen LogP contribution in [0.4, 0.5) is 10.2 Å². The van der Waals surface area contributed by atoms with E-state index in [1.165, 1.54) is 6.07 Å². The summed E-state index contributed by atoms with van der Waals surface area (Å²) >= 11 is 0. The van der Waals surface area contributed by atoms with Gasteiger partial charge in [-0.25, -0.2) is 19.3 Å². The summed E-state index contributed by atoms with van der Waals surface area (Å²) in [4.78, 5) is 12.7. The van der Waals surface area contributed by atoms with Crippen LogP contribution in [0.15, 0.2) is 24.3 Å². The van der Waals surface area contributed by atoms with Gasteiger partial charge in [0.1, 0.15) is 23.0 Å². The SMILES string of the molecule is NCCc1nc(N)c2cc3cccc(F)c3nc2n1. The first-order valence-corrected chi connectivity index (χ1v) is 5.90. The highest BCUT2D eigenvalue weighted by Crippen LogP contribution is 2.23. The molecular weight excluding hydrogens is 245 g/mol. The van der Waals surface area contributed by atoms with Crippen LogP contribution in [-0.4, -0.2) is 21.5 Å². The minimum Gasteiger partial charge on any atom is -0.383 e. The van der Waals surface area contributed by atoms with Gasteiger partial charge in [-0.1, -0.05) is 12.1 Å². The van der Waals surface area contributed by atoms with Gasteiger partial charge in [0.05, 0.1) is 5.39 Å². The molecule has 0 aliphatic rings. The summed E-state index contributed by atoms with van der Waals surface area (Å²) in [5.74, 6) is 0.486. The molecule has 6 heteroatoms. The highest BCUT2D eigenvalue weighted by molar-refractivity contribution is 5.95. The van der Waals surface area contributed by atoms with Crippen molar-refractivity contribution in [1.29, 1.82) is 0 Å². The van der Waals surface area contributed by atoms with Crippen molar-refractivity contribution in [1.82, 2.24) is 15.0 Å². The lowest BCUT2D eigenvalue weighted by Gasteiger charge is -2.06. The lowest BCUT2D eigenvalue weighted by Crippen LogP contribution is -2.08. The number of nitrogens with two attached hydrogens (primary N) is 2. The molecule has 2 heterocycles. The van der Waals surface area contributed by atoms with Crippen molar-refractivity contribution in [2.45, 2.75) is 6.42 Å². The van der Waals surface area contributed by atoms with Crippen molar-refractivity contribution in [3.05, 3.63) is 35.9 Å². The van der Waals surface area contributed by atoms with Gasteiger partial charge in [-0.3, -0.25) is 0 Å². The fraction of sp³-hybridized carbons (Fsp3) is 0.154. The minimum atomic E-state index is -0.378. The van der Waals surface area contributed by atoms with Gasteiger partial charge in [0.25, 0.3) is 0 Å². The number of anilines is 1. The van der Waals surface area contributed by atoms with Crippen molar-refractivity contribution in [3.8, 4) is 0 Å². The van der Waals surface area contributed by atoms with Crippen molar-refractivity contribution in [2.24, 2.45) is 5.73 Å². The van der Waals surface area contributed by atoms with E-state index in [1.807, 2.05) is 0 Å². The molecule has 0 bridgehead atoms. The molecule has 0 aliphatic carbocycles. The van der Waals surface area contributed by atoms with E-state index in [4.69, 9.17) is 11.5 Å². The van der Waals surface area contributed by atoms with E-state index in [0.717, 1.165) is 0 Å².